The smallest absolute Gasteiger partial charge is 0.321 e. The SMILES string of the molecule is Bc1sc(NC(=O)NCCO)nc1[C@@](C)(C#C)c1ccc(Cl)cc1. The van der Waals surface area contributed by atoms with Gasteiger partial charge in [0.25, 0.3) is 0 Å². The maximum absolute atomic E-state index is 11.7. The molecule has 2 aromatic rings. The van der Waals surface area contributed by atoms with Gasteiger partial charge >= 0.3 is 6.03 Å². The number of benzene rings is 1. The van der Waals surface area contributed by atoms with Crippen LogP contribution in [-0.2, 0) is 5.41 Å². The van der Waals surface area contributed by atoms with Gasteiger partial charge in [0.2, 0.25) is 0 Å². The quantitative estimate of drug-likeness (QED) is 0.552. The van der Waals surface area contributed by atoms with Gasteiger partial charge in [-0.15, -0.1) is 17.8 Å². The van der Waals surface area contributed by atoms with Crippen LogP contribution in [0.1, 0.15) is 18.2 Å². The second kappa shape index (κ2) is 7.71. The highest BCUT2D eigenvalue weighted by atomic mass is 35.5. The minimum Gasteiger partial charge on any atom is -0.395 e. The number of thiazole rings is 1. The number of nitrogens with one attached hydrogen (secondary N) is 2. The molecule has 24 heavy (non-hydrogen) atoms. The summed E-state index contributed by atoms with van der Waals surface area (Å²) in [6.07, 6.45) is 5.81. The van der Waals surface area contributed by atoms with Crippen molar-refractivity contribution in [1.82, 2.24) is 10.3 Å². The van der Waals surface area contributed by atoms with Gasteiger partial charge in [0.05, 0.1) is 17.7 Å². The van der Waals surface area contributed by atoms with Crippen molar-refractivity contribution in [1.29, 1.82) is 0 Å². The molecular weight excluding hydrogens is 345 g/mol. The van der Waals surface area contributed by atoms with E-state index in [1.54, 1.807) is 12.1 Å². The Morgan fingerprint density at radius 2 is 2.17 bits per heavy atom. The van der Waals surface area contributed by atoms with E-state index in [1.807, 2.05) is 26.9 Å². The molecule has 1 aromatic heterocycles. The summed E-state index contributed by atoms with van der Waals surface area (Å²) < 4.78 is 0.919. The molecule has 2 rings (SSSR count). The fourth-order valence-electron chi connectivity index (χ4n) is 2.30. The van der Waals surface area contributed by atoms with E-state index in [4.69, 9.17) is 23.1 Å². The summed E-state index contributed by atoms with van der Waals surface area (Å²) in [7, 11) is 1.91. The van der Waals surface area contributed by atoms with Crippen LogP contribution >= 0.6 is 22.9 Å². The van der Waals surface area contributed by atoms with Crippen molar-refractivity contribution < 1.29 is 9.90 Å². The first-order valence-electron chi connectivity index (χ1n) is 7.28. The monoisotopic (exact) mass is 361 g/mol. The summed E-state index contributed by atoms with van der Waals surface area (Å²) in [5.41, 5.74) is 0.890. The zero-order valence-electron chi connectivity index (χ0n) is 13.4. The molecule has 1 aromatic carbocycles. The number of aliphatic hydroxyl groups is 1. The molecule has 0 aliphatic rings. The second-order valence-corrected chi connectivity index (χ2v) is 6.94. The van der Waals surface area contributed by atoms with Gasteiger partial charge in [-0.3, -0.25) is 5.32 Å². The third kappa shape index (κ3) is 3.90. The minimum absolute atomic E-state index is 0.124. The van der Waals surface area contributed by atoms with Crippen LogP contribution in [0.25, 0.3) is 0 Å². The van der Waals surface area contributed by atoms with Crippen LogP contribution in [0.5, 0.6) is 0 Å². The van der Waals surface area contributed by atoms with Crippen molar-refractivity contribution in [3.63, 3.8) is 0 Å². The lowest BCUT2D eigenvalue weighted by atomic mass is 9.77. The van der Waals surface area contributed by atoms with Gasteiger partial charge < -0.3 is 10.4 Å². The van der Waals surface area contributed by atoms with Crippen LogP contribution in [-0.4, -0.2) is 37.1 Å². The van der Waals surface area contributed by atoms with Gasteiger partial charge in [0.1, 0.15) is 0 Å². The summed E-state index contributed by atoms with van der Waals surface area (Å²) in [5, 5.41) is 15.0. The lowest BCUT2D eigenvalue weighted by Crippen LogP contribution is -2.31. The highest BCUT2D eigenvalue weighted by molar-refractivity contribution is 7.23. The molecule has 0 bridgehead atoms. The van der Waals surface area contributed by atoms with Crippen LogP contribution in [0, 0.1) is 12.3 Å². The van der Waals surface area contributed by atoms with Gasteiger partial charge in [-0.2, -0.15) is 0 Å². The zero-order chi connectivity index (χ0) is 17.7. The first-order chi connectivity index (χ1) is 11.4. The molecule has 0 saturated carbocycles. The number of amides is 2. The molecule has 0 fully saturated rings. The molecule has 1 heterocycles. The van der Waals surface area contributed by atoms with E-state index in [0.717, 1.165) is 16.0 Å². The number of carbonyl (C=O) groups is 1. The summed E-state index contributed by atoms with van der Waals surface area (Å²) in [6, 6.07) is 6.91. The Morgan fingerprint density at radius 1 is 1.50 bits per heavy atom. The lowest BCUT2D eigenvalue weighted by molar-refractivity contribution is 0.245. The number of urea groups is 1. The number of hydrogen-bond donors (Lipinski definition) is 3. The van der Waals surface area contributed by atoms with Crippen molar-refractivity contribution in [3.8, 4) is 12.3 Å². The first-order valence-corrected chi connectivity index (χ1v) is 8.47. The van der Waals surface area contributed by atoms with Crippen molar-refractivity contribution in [2.45, 2.75) is 12.3 Å². The molecule has 0 aliphatic heterocycles. The normalized spacial score (nSPS) is 12.9. The Labute approximate surface area is 150 Å². The fraction of sp³-hybridized carbons (Fsp3) is 0.250. The van der Waals surface area contributed by atoms with Crippen molar-refractivity contribution in [2.75, 3.05) is 18.5 Å². The van der Waals surface area contributed by atoms with Crippen LogP contribution in [0.2, 0.25) is 5.02 Å². The molecule has 0 spiro atoms. The van der Waals surface area contributed by atoms with E-state index in [0.29, 0.717) is 10.2 Å². The predicted octanol–water partition coefficient (Wildman–Crippen LogP) is 1.11. The molecule has 0 aliphatic carbocycles. The number of aromatic nitrogens is 1. The molecule has 3 N–H and O–H groups in total. The second-order valence-electron chi connectivity index (χ2n) is 5.30. The first kappa shape index (κ1) is 18.3. The van der Waals surface area contributed by atoms with Gasteiger partial charge in [-0.1, -0.05) is 29.7 Å². The Bertz CT molecular complexity index is 773. The van der Waals surface area contributed by atoms with Crippen LogP contribution < -0.4 is 15.4 Å². The lowest BCUT2D eigenvalue weighted by Gasteiger charge is -2.23. The molecule has 1 atom stereocenters. The number of aliphatic hydroxyl groups excluding tert-OH is 1. The van der Waals surface area contributed by atoms with Gasteiger partial charge in [0.15, 0.2) is 13.0 Å². The summed E-state index contributed by atoms with van der Waals surface area (Å²) in [5.74, 6) is 2.81. The largest absolute Gasteiger partial charge is 0.395 e. The summed E-state index contributed by atoms with van der Waals surface area (Å²) in [6.45, 7) is 1.96. The number of carbonyl (C=O) groups excluding carboxylic acids is 1. The van der Waals surface area contributed by atoms with E-state index < -0.39 is 11.4 Å². The molecule has 0 unspecified atom stereocenters. The average molecular weight is 362 g/mol. The Balaban J connectivity index is 2.31. The van der Waals surface area contributed by atoms with Gasteiger partial charge in [-0.25, -0.2) is 9.78 Å². The highest BCUT2D eigenvalue weighted by Crippen LogP contribution is 2.32. The zero-order valence-corrected chi connectivity index (χ0v) is 15.0. The molecule has 124 valence electrons. The minimum atomic E-state index is -0.729. The Morgan fingerprint density at radius 3 is 2.75 bits per heavy atom. The number of halogens is 1. The Kier molecular flexibility index (Phi) is 5.89. The number of rotatable bonds is 5. The fourth-order valence-corrected chi connectivity index (χ4v) is 3.34. The molecule has 2 amide bonds. The van der Waals surface area contributed by atoms with E-state index in [1.165, 1.54) is 11.3 Å². The van der Waals surface area contributed by atoms with Crippen LogP contribution in [0.4, 0.5) is 9.93 Å². The van der Waals surface area contributed by atoms with Crippen molar-refractivity contribution in [3.05, 3.63) is 40.5 Å². The molecule has 0 radical (unpaired) electrons. The topological polar surface area (TPSA) is 74.2 Å². The maximum Gasteiger partial charge on any atom is 0.321 e. The standard InChI is InChI=1S/C16H17BClN3O2S/c1-3-16(2,10-4-6-11(18)7-5-10)12-13(17)24-15(20-12)21-14(23)19-8-9-22/h1,4-7,22H,8-9,17H2,2H3,(H2,19,20,21,23)/t16-/m0/s1. The molecule has 0 saturated heterocycles. The number of terminal acetylenes is 1. The van der Waals surface area contributed by atoms with E-state index >= 15 is 0 Å². The highest BCUT2D eigenvalue weighted by Gasteiger charge is 2.31. The molecule has 8 heteroatoms. The summed E-state index contributed by atoms with van der Waals surface area (Å²) in [4.78, 5) is 16.2. The number of nitrogens with zero attached hydrogens (tertiary/aromatic N) is 1. The van der Waals surface area contributed by atoms with Crippen molar-refractivity contribution in [2.24, 2.45) is 0 Å². The maximum atomic E-state index is 11.7. The summed E-state index contributed by atoms with van der Waals surface area (Å²) >= 11 is 7.30. The van der Waals surface area contributed by atoms with Crippen LogP contribution in [0.15, 0.2) is 24.3 Å². The molecule has 5 nitrogen and oxygen atoms in total. The van der Waals surface area contributed by atoms with E-state index in [-0.39, 0.29) is 13.2 Å². The van der Waals surface area contributed by atoms with Gasteiger partial charge in [0, 0.05) is 11.6 Å². The van der Waals surface area contributed by atoms with Crippen LogP contribution in [0.3, 0.4) is 0 Å². The molecular formula is C16H17BClN3O2S. The Hall–Kier alpha value is -2.01. The average Bonchev–Trinajstić information content (AvgIpc) is 2.93. The van der Waals surface area contributed by atoms with Crippen molar-refractivity contribution >= 4 is 46.7 Å². The van der Waals surface area contributed by atoms with Gasteiger partial charge in [-0.05, 0) is 29.4 Å². The predicted molar refractivity (Wildman–Crippen MR) is 101 cm³/mol. The number of hydrogen-bond acceptors (Lipinski definition) is 4. The third-order valence-corrected chi connectivity index (χ3v) is 4.74. The van der Waals surface area contributed by atoms with E-state index in [9.17, 15) is 4.79 Å². The number of anilines is 1. The van der Waals surface area contributed by atoms with E-state index in [2.05, 4.69) is 21.5 Å². The third-order valence-electron chi connectivity index (χ3n) is 3.60.